The molecule has 3 aliphatic rings. The molecule has 3 aliphatic heterocycles. The Hall–Kier alpha value is -1.77. The van der Waals surface area contributed by atoms with Crippen molar-refractivity contribution in [3.63, 3.8) is 0 Å². The van der Waals surface area contributed by atoms with Crippen molar-refractivity contribution in [2.45, 2.75) is 63.9 Å². The van der Waals surface area contributed by atoms with Gasteiger partial charge in [-0.15, -0.1) is 6.58 Å². The molecule has 6 nitrogen and oxygen atoms in total. The van der Waals surface area contributed by atoms with E-state index >= 15 is 0 Å². The van der Waals surface area contributed by atoms with E-state index in [0.29, 0.717) is 37.7 Å². The molecule has 3 fully saturated rings. The predicted molar refractivity (Wildman–Crippen MR) is 148 cm³/mol. The summed E-state index contributed by atoms with van der Waals surface area (Å²) in [5.41, 5.74) is 2.17. The summed E-state index contributed by atoms with van der Waals surface area (Å²) in [6, 6.07) is 8.61. The van der Waals surface area contributed by atoms with E-state index in [-0.39, 0.29) is 17.7 Å². The third kappa shape index (κ3) is 5.86. The van der Waals surface area contributed by atoms with Gasteiger partial charge in [-0.2, -0.15) is 0 Å². The standard InChI is InChI=1S/C29H44N2O4Si/c1-7-21-20-31-13-11-22(21)18-27(31)28(35-36(5,6)29(2,3)4)24-10-12-30-26-9-8-23(19-25(24)26)34-17-16-33-15-14-32/h7-10,12,19,21-22,27-28,32H,1,11,13-18,20H2,2-6H3/t21-,22-,27+,28-/m0/s1. The summed E-state index contributed by atoms with van der Waals surface area (Å²) in [7, 11) is -2.06. The van der Waals surface area contributed by atoms with E-state index in [4.69, 9.17) is 19.0 Å². The van der Waals surface area contributed by atoms with Crippen molar-refractivity contribution in [3.05, 3.63) is 48.7 Å². The number of hydrogen-bond acceptors (Lipinski definition) is 6. The van der Waals surface area contributed by atoms with Crippen LogP contribution in [0.15, 0.2) is 43.1 Å². The Kier molecular flexibility index (Phi) is 8.57. The molecule has 3 saturated heterocycles. The topological polar surface area (TPSA) is 64.1 Å². The molecule has 2 bridgehead atoms. The molecule has 4 heterocycles. The lowest BCUT2D eigenvalue weighted by Crippen LogP contribution is -2.57. The van der Waals surface area contributed by atoms with Crippen LogP contribution in [0, 0.1) is 11.8 Å². The molecular formula is C29H44N2O4Si. The Bertz CT molecular complexity index is 1040. The van der Waals surface area contributed by atoms with Gasteiger partial charge in [-0.05, 0) is 79.2 Å². The highest BCUT2D eigenvalue weighted by molar-refractivity contribution is 6.74. The normalized spacial score (nSPS) is 25.2. The second kappa shape index (κ2) is 11.3. The van der Waals surface area contributed by atoms with Crippen LogP contribution in [0.2, 0.25) is 18.1 Å². The number of pyridine rings is 1. The van der Waals surface area contributed by atoms with Crippen LogP contribution in [0.1, 0.15) is 45.3 Å². The summed E-state index contributed by atoms with van der Waals surface area (Å²) in [6.07, 6.45) is 6.44. The van der Waals surface area contributed by atoms with E-state index in [0.717, 1.165) is 36.2 Å². The first-order valence-electron chi connectivity index (χ1n) is 13.4. The molecule has 1 aromatic heterocycles. The van der Waals surface area contributed by atoms with Crippen LogP contribution >= 0.6 is 0 Å². The SMILES string of the molecule is C=C[C@H]1CN2CC[C@H]1C[C@@H]2[C@@H](O[Si](C)(C)C(C)(C)C)c1ccnc2ccc(OCCOCCO)cc12. The maximum atomic E-state index is 8.90. The van der Waals surface area contributed by atoms with E-state index < -0.39 is 8.32 Å². The molecule has 0 saturated carbocycles. The summed E-state index contributed by atoms with van der Waals surface area (Å²) in [5.74, 6) is 2.05. The smallest absolute Gasteiger partial charge is 0.192 e. The molecule has 7 heteroatoms. The van der Waals surface area contributed by atoms with Gasteiger partial charge in [0.1, 0.15) is 12.4 Å². The maximum absolute atomic E-state index is 8.90. The van der Waals surface area contributed by atoms with E-state index in [1.54, 1.807) is 0 Å². The van der Waals surface area contributed by atoms with Gasteiger partial charge in [0.25, 0.3) is 0 Å². The van der Waals surface area contributed by atoms with Gasteiger partial charge in [-0.1, -0.05) is 26.8 Å². The summed E-state index contributed by atoms with van der Waals surface area (Å²) < 4.78 is 18.6. The zero-order valence-electron chi connectivity index (χ0n) is 22.7. The van der Waals surface area contributed by atoms with Crippen molar-refractivity contribution in [1.82, 2.24) is 9.88 Å². The summed E-state index contributed by atoms with van der Waals surface area (Å²) >= 11 is 0. The average molecular weight is 513 g/mol. The van der Waals surface area contributed by atoms with Crippen LogP contribution in [0.5, 0.6) is 5.75 Å². The fourth-order valence-corrected chi connectivity index (χ4v) is 6.68. The minimum Gasteiger partial charge on any atom is -0.491 e. The molecule has 36 heavy (non-hydrogen) atoms. The lowest BCUT2D eigenvalue weighted by molar-refractivity contribution is -0.0398. The van der Waals surface area contributed by atoms with Gasteiger partial charge >= 0.3 is 0 Å². The molecule has 0 spiro atoms. The molecule has 1 unspecified atom stereocenters. The van der Waals surface area contributed by atoms with Gasteiger partial charge in [0.05, 0.1) is 31.4 Å². The minimum absolute atomic E-state index is 0.0203. The third-order valence-electron chi connectivity index (χ3n) is 8.52. The highest BCUT2D eigenvalue weighted by Crippen LogP contribution is 2.47. The zero-order chi connectivity index (χ0) is 25.9. The van der Waals surface area contributed by atoms with Crippen LogP contribution in [0.25, 0.3) is 10.9 Å². The van der Waals surface area contributed by atoms with Crippen LogP contribution in [0.3, 0.4) is 0 Å². The first-order chi connectivity index (χ1) is 17.1. The molecule has 198 valence electrons. The number of fused-ring (bicyclic) bond motifs is 4. The summed E-state index contributed by atoms with van der Waals surface area (Å²) in [4.78, 5) is 7.32. The van der Waals surface area contributed by atoms with Crippen LogP contribution in [-0.4, -0.2) is 68.9 Å². The Balaban J connectivity index is 1.69. The number of rotatable bonds is 11. The van der Waals surface area contributed by atoms with Crippen molar-refractivity contribution in [2.75, 3.05) is 39.5 Å². The number of hydrogen-bond donors (Lipinski definition) is 1. The number of aliphatic hydroxyl groups excluding tert-OH is 1. The number of aromatic nitrogens is 1. The van der Waals surface area contributed by atoms with E-state index in [2.05, 4.69) is 68.5 Å². The summed E-state index contributed by atoms with van der Waals surface area (Å²) in [6.45, 7) is 19.2. The Morgan fingerprint density at radius 2 is 2.03 bits per heavy atom. The Labute approximate surface area is 217 Å². The van der Waals surface area contributed by atoms with E-state index in [9.17, 15) is 0 Å². The molecule has 0 aliphatic carbocycles. The van der Waals surface area contributed by atoms with E-state index in [1.807, 2.05) is 18.3 Å². The van der Waals surface area contributed by atoms with Gasteiger partial charge in [0.2, 0.25) is 0 Å². The number of ether oxygens (including phenoxy) is 2. The highest BCUT2D eigenvalue weighted by atomic mass is 28.4. The Morgan fingerprint density at radius 1 is 1.22 bits per heavy atom. The molecular weight excluding hydrogens is 468 g/mol. The summed E-state index contributed by atoms with van der Waals surface area (Å²) in [5, 5.41) is 10.1. The van der Waals surface area contributed by atoms with Crippen LogP contribution < -0.4 is 4.74 Å². The fraction of sp³-hybridized carbons (Fsp3) is 0.621. The van der Waals surface area contributed by atoms with Gasteiger partial charge in [-0.3, -0.25) is 9.88 Å². The van der Waals surface area contributed by atoms with Crippen molar-refractivity contribution >= 4 is 19.2 Å². The largest absolute Gasteiger partial charge is 0.491 e. The second-order valence-electron chi connectivity index (χ2n) is 11.8. The number of benzene rings is 1. The van der Waals surface area contributed by atoms with Crippen LogP contribution in [0.4, 0.5) is 0 Å². The molecule has 5 atom stereocenters. The highest BCUT2D eigenvalue weighted by Gasteiger charge is 2.47. The molecule has 0 radical (unpaired) electrons. The second-order valence-corrected chi connectivity index (χ2v) is 16.6. The third-order valence-corrected chi connectivity index (χ3v) is 13.0. The lowest BCUT2D eigenvalue weighted by atomic mass is 9.73. The number of nitrogens with zero attached hydrogens (tertiary/aromatic N) is 2. The van der Waals surface area contributed by atoms with Gasteiger partial charge < -0.3 is 19.0 Å². The molecule has 0 amide bonds. The monoisotopic (exact) mass is 512 g/mol. The van der Waals surface area contributed by atoms with Crippen molar-refractivity contribution in [1.29, 1.82) is 0 Å². The van der Waals surface area contributed by atoms with Crippen molar-refractivity contribution in [3.8, 4) is 5.75 Å². The number of piperidine rings is 3. The first-order valence-corrected chi connectivity index (χ1v) is 16.3. The number of aliphatic hydroxyl groups is 1. The van der Waals surface area contributed by atoms with Gasteiger partial charge in [0.15, 0.2) is 8.32 Å². The Morgan fingerprint density at radius 3 is 2.69 bits per heavy atom. The average Bonchev–Trinajstić information content (AvgIpc) is 2.86. The molecule has 2 aromatic rings. The quantitative estimate of drug-likeness (QED) is 0.241. The van der Waals surface area contributed by atoms with Crippen molar-refractivity contribution in [2.24, 2.45) is 11.8 Å². The van der Waals surface area contributed by atoms with E-state index in [1.165, 1.54) is 12.0 Å². The van der Waals surface area contributed by atoms with Gasteiger partial charge in [-0.25, -0.2) is 0 Å². The van der Waals surface area contributed by atoms with Gasteiger partial charge in [0, 0.05) is 24.2 Å². The molecule has 1 N–H and O–H groups in total. The molecule has 5 rings (SSSR count). The fourth-order valence-electron chi connectivity index (χ4n) is 5.41. The predicted octanol–water partition coefficient (Wildman–Crippen LogP) is 5.58. The minimum atomic E-state index is -2.06. The molecule has 1 aromatic carbocycles. The zero-order valence-corrected chi connectivity index (χ0v) is 23.7. The first kappa shape index (κ1) is 27.3. The van der Waals surface area contributed by atoms with Crippen molar-refractivity contribution < 1.29 is 19.0 Å². The van der Waals surface area contributed by atoms with Crippen LogP contribution in [-0.2, 0) is 9.16 Å². The maximum Gasteiger partial charge on any atom is 0.192 e. The lowest BCUT2D eigenvalue weighted by Gasteiger charge is -2.53.